The molecule has 5 heteroatoms. The van der Waals surface area contributed by atoms with Gasteiger partial charge in [-0.2, -0.15) is 0 Å². The highest BCUT2D eigenvalue weighted by Gasteiger charge is 2.05. The number of esters is 1. The Hall–Kier alpha value is -1.81. The second kappa shape index (κ2) is 4.37. The van der Waals surface area contributed by atoms with E-state index in [9.17, 15) is 4.79 Å². The third kappa shape index (κ3) is 2.41. The number of nitrogens with zero attached hydrogens (tertiary/aromatic N) is 1. The Bertz CT molecular complexity index is 505. The van der Waals surface area contributed by atoms with E-state index in [4.69, 9.17) is 16.3 Å². The predicted molar refractivity (Wildman–Crippen MR) is 60.3 cm³/mol. The van der Waals surface area contributed by atoms with Crippen LogP contribution in [0.25, 0.3) is 11.4 Å². The molecule has 0 unspecified atom stereocenters. The van der Waals surface area contributed by atoms with Crippen molar-refractivity contribution in [1.29, 1.82) is 0 Å². The first-order valence-electron chi connectivity index (χ1n) is 4.64. The maximum Gasteiger partial charge on any atom is 0.309 e. The van der Waals surface area contributed by atoms with Gasteiger partial charge in [0.25, 0.3) is 0 Å². The van der Waals surface area contributed by atoms with E-state index in [0.29, 0.717) is 16.7 Å². The van der Waals surface area contributed by atoms with Gasteiger partial charge >= 0.3 is 5.97 Å². The maximum absolute atomic E-state index is 10.7. The molecule has 0 amide bonds. The van der Waals surface area contributed by atoms with Crippen LogP contribution in [0.15, 0.2) is 30.5 Å². The van der Waals surface area contributed by atoms with E-state index in [1.54, 1.807) is 12.1 Å². The highest BCUT2D eigenvalue weighted by molar-refractivity contribution is 6.30. The fourth-order valence-corrected chi connectivity index (χ4v) is 1.39. The van der Waals surface area contributed by atoms with E-state index in [1.807, 2.05) is 12.1 Å². The largest absolute Gasteiger partial charge is 0.408 e. The molecule has 0 radical (unpaired) electrons. The van der Waals surface area contributed by atoms with E-state index in [-0.39, 0.29) is 5.97 Å². The standard InChI is InChI=1S/C11H9ClN2O2/c1-7(15)16-10-6-13-11(14-10)8-2-4-9(12)5-3-8/h2-6H,1H3,(H,13,14). The molecule has 2 rings (SSSR count). The molecule has 0 bridgehead atoms. The van der Waals surface area contributed by atoms with E-state index in [2.05, 4.69) is 9.97 Å². The number of halogens is 1. The zero-order chi connectivity index (χ0) is 11.5. The molecule has 0 aliphatic heterocycles. The van der Waals surface area contributed by atoms with Crippen LogP contribution in [0.3, 0.4) is 0 Å². The number of nitrogens with one attached hydrogen (secondary N) is 1. The first-order chi connectivity index (χ1) is 7.65. The molecule has 0 spiro atoms. The van der Waals surface area contributed by atoms with Crippen LogP contribution in [0.4, 0.5) is 0 Å². The van der Waals surface area contributed by atoms with Gasteiger partial charge in [0.05, 0.1) is 6.20 Å². The van der Waals surface area contributed by atoms with Gasteiger partial charge in [-0.15, -0.1) is 0 Å². The van der Waals surface area contributed by atoms with Gasteiger partial charge in [0.15, 0.2) is 0 Å². The first kappa shape index (κ1) is 10.7. The average Bonchev–Trinajstić information content (AvgIpc) is 2.66. The summed E-state index contributed by atoms with van der Waals surface area (Å²) < 4.78 is 4.86. The Labute approximate surface area is 97.2 Å². The fraction of sp³-hybridized carbons (Fsp3) is 0.0909. The minimum absolute atomic E-state index is 0.331. The lowest BCUT2D eigenvalue weighted by Crippen LogP contribution is -2.01. The summed E-state index contributed by atoms with van der Waals surface area (Å²) >= 11 is 5.77. The van der Waals surface area contributed by atoms with Gasteiger partial charge < -0.3 is 9.72 Å². The molecule has 0 saturated carbocycles. The molecule has 0 atom stereocenters. The molecule has 82 valence electrons. The van der Waals surface area contributed by atoms with Gasteiger partial charge in [0, 0.05) is 17.5 Å². The van der Waals surface area contributed by atoms with Gasteiger partial charge in [-0.25, -0.2) is 4.98 Å². The van der Waals surface area contributed by atoms with Crippen molar-refractivity contribution in [1.82, 2.24) is 9.97 Å². The van der Waals surface area contributed by atoms with Crippen LogP contribution in [0.2, 0.25) is 5.02 Å². The van der Waals surface area contributed by atoms with Crippen molar-refractivity contribution in [2.45, 2.75) is 6.92 Å². The molecule has 1 aromatic heterocycles. The monoisotopic (exact) mass is 236 g/mol. The number of ether oxygens (including phenoxy) is 1. The van der Waals surface area contributed by atoms with Crippen LogP contribution in [0, 0.1) is 0 Å². The molecular formula is C11H9ClN2O2. The third-order valence-electron chi connectivity index (χ3n) is 1.92. The van der Waals surface area contributed by atoms with Crippen molar-refractivity contribution in [3.05, 3.63) is 35.5 Å². The Balaban J connectivity index is 2.24. The van der Waals surface area contributed by atoms with Crippen LogP contribution in [0.5, 0.6) is 5.88 Å². The quantitative estimate of drug-likeness (QED) is 0.816. The predicted octanol–water partition coefficient (Wildman–Crippen LogP) is 2.66. The molecule has 16 heavy (non-hydrogen) atoms. The number of H-pyrrole nitrogens is 1. The number of carbonyl (C=O) groups is 1. The molecule has 0 fully saturated rings. The molecular weight excluding hydrogens is 228 g/mol. The van der Waals surface area contributed by atoms with Gasteiger partial charge in [-0.05, 0) is 24.3 Å². The molecule has 0 aliphatic carbocycles. The topological polar surface area (TPSA) is 55.0 Å². The Kier molecular flexibility index (Phi) is 2.92. The molecule has 1 aromatic carbocycles. The molecule has 2 aromatic rings. The van der Waals surface area contributed by atoms with E-state index < -0.39 is 0 Å². The van der Waals surface area contributed by atoms with Crippen molar-refractivity contribution in [2.75, 3.05) is 0 Å². The highest BCUT2D eigenvalue weighted by Crippen LogP contribution is 2.20. The van der Waals surface area contributed by atoms with Crippen LogP contribution >= 0.6 is 11.6 Å². The Morgan fingerprint density at radius 3 is 2.69 bits per heavy atom. The number of rotatable bonds is 2. The van der Waals surface area contributed by atoms with Crippen LogP contribution in [-0.2, 0) is 4.79 Å². The van der Waals surface area contributed by atoms with Crippen molar-refractivity contribution in [2.24, 2.45) is 0 Å². The molecule has 4 nitrogen and oxygen atoms in total. The van der Waals surface area contributed by atoms with Crippen molar-refractivity contribution in [3.8, 4) is 17.3 Å². The molecule has 0 aliphatic rings. The van der Waals surface area contributed by atoms with E-state index >= 15 is 0 Å². The minimum Gasteiger partial charge on any atom is -0.408 e. The first-order valence-corrected chi connectivity index (χ1v) is 5.02. The van der Waals surface area contributed by atoms with Crippen LogP contribution in [0.1, 0.15) is 6.92 Å². The van der Waals surface area contributed by atoms with Gasteiger partial charge in [0.2, 0.25) is 5.88 Å². The number of aromatic nitrogens is 2. The average molecular weight is 237 g/mol. The number of hydrogen-bond acceptors (Lipinski definition) is 3. The zero-order valence-electron chi connectivity index (χ0n) is 8.53. The van der Waals surface area contributed by atoms with Gasteiger partial charge in [-0.3, -0.25) is 4.79 Å². The number of hydrogen-bond donors (Lipinski definition) is 1. The summed E-state index contributed by atoms with van der Waals surface area (Å²) in [6.45, 7) is 1.34. The smallest absolute Gasteiger partial charge is 0.309 e. The second-order valence-electron chi connectivity index (χ2n) is 3.20. The normalized spacial score (nSPS) is 10.1. The lowest BCUT2D eigenvalue weighted by molar-refractivity contribution is -0.132. The Morgan fingerprint density at radius 2 is 2.06 bits per heavy atom. The summed E-state index contributed by atoms with van der Waals surface area (Å²) in [5.41, 5.74) is 0.878. The number of imidazole rings is 1. The van der Waals surface area contributed by atoms with Crippen molar-refractivity contribution < 1.29 is 9.53 Å². The third-order valence-corrected chi connectivity index (χ3v) is 2.18. The summed E-state index contributed by atoms with van der Waals surface area (Å²) in [6.07, 6.45) is 1.46. The van der Waals surface area contributed by atoms with E-state index in [1.165, 1.54) is 13.1 Å². The lowest BCUT2D eigenvalue weighted by atomic mass is 10.2. The number of benzene rings is 1. The summed E-state index contributed by atoms with van der Waals surface area (Å²) in [7, 11) is 0. The van der Waals surface area contributed by atoms with Crippen LogP contribution in [-0.4, -0.2) is 15.9 Å². The molecule has 0 saturated heterocycles. The second-order valence-corrected chi connectivity index (χ2v) is 3.63. The maximum atomic E-state index is 10.7. The summed E-state index contributed by atoms with van der Waals surface area (Å²) in [6, 6.07) is 7.20. The van der Waals surface area contributed by atoms with E-state index in [0.717, 1.165) is 5.56 Å². The summed E-state index contributed by atoms with van der Waals surface area (Å²) in [5.74, 6) is 0.580. The molecule has 1 N–H and O–H groups in total. The SMILES string of the molecule is CC(=O)Oc1cnc(-c2ccc(Cl)cc2)[nH]1. The summed E-state index contributed by atoms with van der Waals surface area (Å²) in [4.78, 5) is 17.7. The number of carbonyl (C=O) groups excluding carboxylic acids is 1. The van der Waals surface area contributed by atoms with Gasteiger partial charge in [0.1, 0.15) is 5.82 Å². The minimum atomic E-state index is -0.383. The fourth-order valence-electron chi connectivity index (χ4n) is 1.27. The zero-order valence-corrected chi connectivity index (χ0v) is 9.28. The van der Waals surface area contributed by atoms with Crippen LogP contribution < -0.4 is 4.74 Å². The van der Waals surface area contributed by atoms with Gasteiger partial charge in [-0.1, -0.05) is 11.6 Å². The lowest BCUT2D eigenvalue weighted by Gasteiger charge is -1.97. The summed E-state index contributed by atoms with van der Waals surface area (Å²) in [5, 5.41) is 0.663. The van der Waals surface area contributed by atoms with Crippen molar-refractivity contribution >= 4 is 17.6 Å². The Morgan fingerprint density at radius 1 is 1.38 bits per heavy atom. The number of aromatic amines is 1. The molecule has 1 heterocycles. The highest BCUT2D eigenvalue weighted by atomic mass is 35.5. The van der Waals surface area contributed by atoms with Crippen molar-refractivity contribution in [3.63, 3.8) is 0 Å².